The highest BCUT2D eigenvalue weighted by molar-refractivity contribution is 9.13. The Balaban J connectivity index is 1.84. The van der Waals surface area contributed by atoms with Crippen LogP contribution in [0.25, 0.3) is 10.9 Å². The number of hydrogen-bond donors (Lipinski definition) is 0. The Hall–Kier alpha value is -2.15. The zero-order valence-electron chi connectivity index (χ0n) is 18.5. The molecule has 1 fully saturated rings. The number of ether oxygens (including phenoxy) is 2. The van der Waals surface area contributed by atoms with Crippen molar-refractivity contribution in [1.82, 2.24) is 9.66 Å². The van der Waals surface area contributed by atoms with Gasteiger partial charge >= 0.3 is 0 Å². The maximum absolute atomic E-state index is 13.5. The van der Waals surface area contributed by atoms with E-state index >= 15 is 0 Å². The second-order valence-electron chi connectivity index (χ2n) is 7.95. The van der Waals surface area contributed by atoms with Crippen LogP contribution in [-0.2, 0) is 0 Å². The van der Waals surface area contributed by atoms with Crippen LogP contribution in [0.2, 0.25) is 0 Å². The van der Waals surface area contributed by atoms with Gasteiger partial charge in [-0.25, -0.2) is 4.98 Å². The van der Waals surface area contributed by atoms with Crippen molar-refractivity contribution in [2.45, 2.75) is 38.0 Å². The summed E-state index contributed by atoms with van der Waals surface area (Å²) in [6, 6.07) is 7.33. The van der Waals surface area contributed by atoms with E-state index in [-0.39, 0.29) is 18.1 Å². The van der Waals surface area contributed by atoms with Crippen LogP contribution < -0.4 is 15.0 Å². The number of methoxy groups -OCH3 is 1. The van der Waals surface area contributed by atoms with Crippen LogP contribution in [0.4, 0.5) is 0 Å². The molecule has 1 saturated carbocycles. The molecule has 9 heteroatoms. The molecule has 0 radical (unpaired) electrons. The Morgan fingerprint density at radius 2 is 1.97 bits per heavy atom. The van der Waals surface area contributed by atoms with Crippen molar-refractivity contribution in [2.24, 2.45) is 5.10 Å². The number of nitrogens with zero attached hydrogens (tertiary/aromatic N) is 3. The van der Waals surface area contributed by atoms with Crippen molar-refractivity contribution >= 4 is 64.9 Å². The SMILES string of the molecule is C#CCOc1c(OC)cc(C=Nn2c(C3CCCCC3)nc3ccc(Br)cc3c2=O)c(Br)c1Br. The molecule has 0 unspecified atom stereocenters. The third-order valence-electron chi connectivity index (χ3n) is 5.79. The zero-order valence-corrected chi connectivity index (χ0v) is 23.2. The van der Waals surface area contributed by atoms with E-state index in [9.17, 15) is 4.79 Å². The first-order chi connectivity index (χ1) is 16.4. The lowest BCUT2D eigenvalue weighted by molar-refractivity contribution is 0.328. The number of aromatic nitrogens is 2. The van der Waals surface area contributed by atoms with Crippen LogP contribution in [0.3, 0.4) is 0 Å². The second-order valence-corrected chi connectivity index (χ2v) is 10.4. The summed E-state index contributed by atoms with van der Waals surface area (Å²) in [5.74, 6) is 4.32. The van der Waals surface area contributed by atoms with Gasteiger partial charge < -0.3 is 9.47 Å². The van der Waals surface area contributed by atoms with Crippen molar-refractivity contribution in [3.8, 4) is 23.8 Å². The molecule has 3 aromatic rings. The molecule has 0 N–H and O–H groups in total. The number of rotatable bonds is 6. The second kappa shape index (κ2) is 11.1. The standard InChI is InChI=1S/C25H22Br3N3O3/c1-3-11-34-23-20(33-2)12-16(21(27)22(23)28)14-29-31-24(15-7-5-4-6-8-15)30-19-10-9-17(26)13-18(19)25(31)32/h1,9-10,12-15H,4-8,11H2,2H3. The van der Waals surface area contributed by atoms with Gasteiger partial charge in [-0.15, -0.1) is 6.42 Å². The van der Waals surface area contributed by atoms with Crippen LogP contribution >= 0.6 is 47.8 Å². The highest BCUT2D eigenvalue weighted by Gasteiger charge is 2.23. The minimum atomic E-state index is -0.195. The fourth-order valence-corrected chi connectivity index (χ4v) is 5.42. The van der Waals surface area contributed by atoms with Gasteiger partial charge in [0.2, 0.25) is 0 Å². The lowest BCUT2D eigenvalue weighted by atomic mass is 9.88. The van der Waals surface area contributed by atoms with Gasteiger partial charge in [0, 0.05) is 20.4 Å². The summed E-state index contributed by atoms with van der Waals surface area (Å²) in [4.78, 5) is 18.4. The van der Waals surface area contributed by atoms with Gasteiger partial charge in [0.25, 0.3) is 5.56 Å². The van der Waals surface area contributed by atoms with Crippen molar-refractivity contribution < 1.29 is 9.47 Å². The molecule has 0 amide bonds. The molecule has 0 aliphatic heterocycles. The maximum atomic E-state index is 13.5. The van der Waals surface area contributed by atoms with E-state index in [2.05, 4.69) is 58.8 Å². The van der Waals surface area contributed by atoms with Gasteiger partial charge in [0.1, 0.15) is 12.4 Å². The van der Waals surface area contributed by atoms with E-state index in [1.165, 1.54) is 11.1 Å². The molecule has 1 aliphatic rings. The minimum Gasteiger partial charge on any atom is -0.493 e. The summed E-state index contributed by atoms with van der Waals surface area (Å²) in [6.45, 7) is 0.104. The van der Waals surface area contributed by atoms with Crippen molar-refractivity contribution in [3.05, 3.63) is 59.4 Å². The smallest absolute Gasteiger partial charge is 0.282 e. The summed E-state index contributed by atoms with van der Waals surface area (Å²) in [5.41, 5.74) is 1.19. The molecule has 1 aromatic heterocycles. The predicted octanol–water partition coefficient (Wildman–Crippen LogP) is 6.63. The highest BCUT2D eigenvalue weighted by atomic mass is 79.9. The van der Waals surface area contributed by atoms with E-state index < -0.39 is 0 Å². The zero-order chi connectivity index (χ0) is 24.2. The minimum absolute atomic E-state index is 0.104. The summed E-state index contributed by atoms with van der Waals surface area (Å²) in [5, 5.41) is 5.14. The highest BCUT2D eigenvalue weighted by Crippen LogP contribution is 2.42. The van der Waals surface area contributed by atoms with Crippen LogP contribution in [0.15, 0.2) is 47.6 Å². The van der Waals surface area contributed by atoms with E-state index in [0.29, 0.717) is 42.7 Å². The van der Waals surface area contributed by atoms with Crippen molar-refractivity contribution in [1.29, 1.82) is 0 Å². The Morgan fingerprint density at radius 1 is 1.21 bits per heavy atom. The third-order valence-corrected chi connectivity index (χ3v) is 8.43. The topological polar surface area (TPSA) is 65.7 Å². The molecule has 1 aliphatic carbocycles. The largest absolute Gasteiger partial charge is 0.493 e. The molecule has 34 heavy (non-hydrogen) atoms. The average molecular weight is 652 g/mol. The third kappa shape index (κ3) is 5.09. The van der Waals surface area contributed by atoms with Gasteiger partial charge in [-0.3, -0.25) is 4.79 Å². The monoisotopic (exact) mass is 649 g/mol. The Labute approximate surface area is 223 Å². The quantitative estimate of drug-likeness (QED) is 0.222. The normalized spacial score (nSPS) is 14.4. The number of terminal acetylenes is 1. The molecule has 0 atom stereocenters. The summed E-state index contributed by atoms with van der Waals surface area (Å²) < 4.78 is 14.7. The molecule has 0 bridgehead atoms. The molecule has 4 rings (SSSR count). The number of hydrogen-bond acceptors (Lipinski definition) is 5. The predicted molar refractivity (Wildman–Crippen MR) is 145 cm³/mol. The molecule has 176 valence electrons. The molecular weight excluding hydrogens is 630 g/mol. The van der Waals surface area contributed by atoms with Crippen molar-refractivity contribution in [2.75, 3.05) is 13.7 Å². The lowest BCUT2D eigenvalue weighted by Gasteiger charge is -2.22. The van der Waals surface area contributed by atoms with Crippen LogP contribution in [0, 0.1) is 12.3 Å². The first-order valence-corrected chi connectivity index (χ1v) is 13.2. The molecular formula is C25H22Br3N3O3. The lowest BCUT2D eigenvalue weighted by Crippen LogP contribution is -2.25. The Morgan fingerprint density at radius 3 is 2.68 bits per heavy atom. The maximum Gasteiger partial charge on any atom is 0.282 e. The summed E-state index contributed by atoms with van der Waals surface area (Å²) >= 11 is 10.6. The fourth-order valence-electron chi connectivity index (χ4n) is 4.12. The number of fused-ring (bicyclic) bond motifs is 1. The molecule has 6 nitrogen and oxygen atoms in total. The van der Waals surface area contributed by atoms with E-state index in [1.807, 2.05) is 12.1 Å². The molecule has 0 saturated heterocycles. The number of benzene rings is 2. The first-order valence-electron chi connectivity index (χ1n) is 10.8. The van der Waals surface area contributed by atoms with Gasteiger partial charge in [0.05, 0.1) is 28.7 Å². The summed E-state index contributed by atoms with van der Waals surface area (Å²) in [6.07, 6.45) is 12.4. The van der Waals surface area contributed by atoms with Crippen LogP contribution in [0.1, 0.15) is 49.4 Å². The Bertz CT molecular complexity index is 1360. The average Bonchev–Trinajstić information content (AvgIpc) is 2.85. The van der Waals surface area contributed by atoms with E-state index in [1.54, 1.807) is 25.5 Å². The van der Waals surface area contributed by atoms with Crippen molar-refractivity contribution in [3.63, 3.8) is 0 Å². The van der Waals surface area contributed by atoms with Gasteiger partial charge in [0.15, 0.2) is 11.5 Å². The molecule has 1 heterocycles. The van der Waals surface area contributed by atoms with Crippen LogP contribution in [-0.4, -0.2) is 29.6 Å². The first kappa shape index (κ1) is 25.0. The van der Waals surface area contributed by atoms with Gasteiger partial charge in [-0.1, -0.05) is 41.1 Å². The fraction of sp³-hybridized carbons (Fsp3) is 0.320. The summed E-state index contributed by atoms with van der Waals surface area (Å²) in [7, 11) is 1.55. The van der Waals surface area contributed by atoms with E-state index in [4.69, 9.17) is 20.9 Å². The number of halogens is 3. The Kier molecular flexibility index (Phi) is 8.12. The molecule has 0 spiro atoms. The molecule has 2 aromatic carbocycles. The van der Waals surface area contributed by atoms with E-state index in [0.717, 1.165) is 30.2 Å². The van der Waals surface area contributed by atoms with Gasteiger partial charge in [-0.2, -0.15) is 9.78 Å². The van der Waals surface area contributed by atoms with Crippen LogP contribution in [0.5, 0.6) is 11.5 Å². The van der Waals surface area contributed by atoms with Gasteiger partial charge in [-0.05, 0) is 69.0 Å².